The van der Waals surface area contributed by atoms with Crippen molar-refractivity contribution in [3.05, 3.63) is 40.8 Å². The number of carbonyl (C=O) groups excluding carboxylic acids is 1. The summed E-state index contributed by atoms with van der Waals surface area (Å²) in [6.07, 6.45) is 4.96. The van der Waals surface area contributed by atoms with Gasteiger partial charge in [-0.1, -0.05) is 11.6 Å². The molecular formula is C13H16ClN5O. The van der Waals surface area contributed by atoms with E-state index in [1.165, 1.54) is 6.20 Å². The van der Waals surface area contributed by atoms with Crippen LogP contribution in [0.15, 0.2) is 24.7 Å². The summed E-state index contributed by atoms with van der Waals surface area (Å²) in [5.41, 5.74) is 1.40. The minimum absolute atomic E-state index is 0.136. The summed E-state index contributed by atoms with van der Waals surface area (Å²) in [5, 5.41) is 10.0. The Morgan fingerprint density at radius 2 is 2.30 bits per heavy atom. The second-order valence-corrected chi connectivity index (χ2v) is 4.76. The molecule has 0 bridgehead atoms. The second kappa shape index (κ2) is 6.38. The Labute approximate surface area is 122 Å². The van der Waals surface area contributed by atoms with E-state index in [9.17, 15) is 4.79 Å². The summed E-state index contributed by atoms with van der Waals surface area (Å²) in [6.45, 7) is 3.15. The third-order valence-electron chi connectivity index (χ3n) is 2.75. The van der Waals surface area contributed by atoms with Gasteiger partial charge in [-0.15, -0.1) is 0 Å². The number of rotatable bonds is 5. The van der Waals surface area contributed by atoms with Crippen molar-refractivity contribution < 1.29 is 4.79 Å². The Kier molecular flexibility index (Phi) is 4.57. The summed E-state index contributed by atoms with van der Waals surface area (Å²) in [4.78, 5) is 18.0. The molecule has 0 atom stereocenters. The Morgan fingerprint density at radius 3 is 2.90 bits per heavy atom. The standard InChI is InChI=1S/C13H16ClN5O/c1-3-15-12-11(14)4-10(7-16-12)13(20)19(2)8-9-5-17-18-6-9/h4-7H,3,8H2,1-2H3,(H,15,16)(H,17,18). The summed E-state index contributed by atoms with van der Waals surface area (Å²) in [7, 11) is 1.72. The molecule has 2 aromatic heterocycles. The molecule has 7 heteroatoms. The molecule has 0 aliphatic rings. The summed E-state index contributed by atoms with van der Waals surface area (Å²) >= 11 is 6.09. The number of aromatic nitrogens is 3. The molecule has 0 aromatic carbocycles. The maximum absolute atomic E-state index is 12.3. The molecule has 0 radical (unpaired) electrons. The van der Waals surface area contributed by atoms with Crippen LogP contribution in [0.4, 0.5) is 5.82 Å². The topological polar surface area (TPSA) is 73.9 Å². The van der Waals surface area contributed by atoms with Crippen molar-refractivity contribution in [1.82, 2.24) is 20.1 Å². The van der Waals surface area contributed by atoms with E-state index >= 15 is 0 Å². The Bertz CT molecular complexity index is 584. The fraction of sp³-hybridized carbons (Fsp3) is 0.308. The second-order valence-electron chi connectivity index (χ2n) is 4.35. The van der Waals surface area contributed by atoms with Gasteiger partial charge in [0.1, 0.15) is 5.82 Å². The third-order valence-corrected chi connectivity index (χ3v) is 3.04. The van der Waals surface area contributed by atoms with Gasteiger partial charge in [0.15, 0.2) is 0 Å². The normalized spacial score (nSPS) is 10.3. The highest BCUT2D eigenvalue weighted by Crippen LogP contribution is 2.20. The number of amides is 1. The molecule has 0 aliphatic carbocycles. The number of aromatic amines is 1. The van der Waals surface area contributed by atoms with Crippen molar-refractivity contribution >= 4 is 23.3 Å². The van der Waals surface area contributed by atoms with Crippen molar-refractivity contribution in [3.63, 3.8) is 0 Å². The largest absolute Gasteiger partial charge is 0.369 e. The number of nitrogens with one attached hydrogen (secondary N) is 2. The van der Waals surface area contributed by atoms with Crippen molar-refractivity contribution in [2.24, 2.45) is 0 Å². The average molecular weight is 294 g/mol. The average Bonchev–Trinajstić information content (AvgIpc) is 2.93. The first-order chi connectivity index (χ1) is 9.61. The molecule has 106 valence electrons. The molecule has 20 heavy (non-hydrogen) atoms. The predicted octanol–water partition coefficient (Wildman–Crippen LogP) is 2.16. The molecule has 6 nitrogen and oxygen atoms in total. The molecule has 0 unspecified atom stereocenters. The SMILES string of the molecule is CCNc1ncc(C(=O)N(C)Cc2cn[nH]c2)cc1Cl. The van der Waals surface area contributed by atoms with Crippen molar-refractivity contribution in [2.75, 3.05) is 18.9 Å². The maximum Gasteiger partial charge on any atom is 0.255 e. The van der Waals surface area contributed by atoms with Crippen LogP contribution >= 0.6 is 11.6 Å². The molecular weight excluding hydrogens is 278 g/mol. The molecule has 2 aromatic rings. The van der Waals surface area contributed by atoms with Crippen LogP contribution in [0.1, 0.15) is 22.8 Å². The number of hydrogen-bond acceptors (Lipinski definition) is 4. The Morgan fingerprint density at radius 1 is 1.50 bits per heavy atom. The maximum atomic E-state index is 12.3. The highest BCUT2D eigenvalue weighted by molar-refractivity contribution is 6.33. The highest BCUT2D eigenvalue weighted by Gasteiger charge is 2.14. The van der Waals surface area contributed by atoms with Gasteiger partial charge in [-0.2, -0.15) is 5.10 Å². The molecule has 0 fully saturated rings. The van der Waals surface area contributed by atoms with Crippen LogP contribution in [0.2, 0.25) is 5.02 Å². The van der Waals surface area contributed by atoms with E-state index < -0.39 is 0 Å². The van der Waals surface area contributed by atoms with Crippen molar-refractivity contribution in [3.8, 4) is 0 Å². The zero-order valence-corrected chi connectivity index (χ0v) is 12.1. The Balaban J connectivity index is 2.10. The number of pyridine rings is 1. The lowest BCUT2D eigenvalue weighted by molar-refractivity contribution is 0.0785. The van der Waals surface area contributed by atoms with Gasteiger partial charge in [-0.05, 0) is 13.0 Å². The van der Waals surface area contributed by atoms with Crippen LogP contribution in [-0.4, -0.2) is 39.6 Å². The van der Waals surface area contributed by atoms with E-state index in [0.717, 1.165) is 12.1 Å². The van der Waals surface area contributed by atoms with Gasteiger partial charge in [0, 0.05) is 38.1 Å². The zero-order valence-electron chi connectivity index (χ0n) is 11.4. The number of H-pyrrole nitrogens is 1. The summed E-state index contributed by atoms with van der Waals surface area (Å²) in [6, 6.07) is 1.63. The highest BCUT2D eigenvalue weighted by atomic mass is 35.5. The van der Waals surface area contributed by atoms with E-state index in [2.05, 4.69) is 20.5 Å². The number of halogens is 1. The van der Waals surface area contributed by atoms with Gasteiger partial charge < -0.3 is 10.2 Å². The van der Waals surface area contributed by atoms with E-state index in [1.54, 1.807) is 30.4 Å². The van der Waals surface area contributed by atoms with Gasteiger partial charge in [0.05, 0.1) is 16.8 Å². The lowest BCUT2D eigenvalue weighted by atomic mass is 10.2. The van der Waals surface area contributed by atoms with Gasteiger partial charge >= 0.3 is 0 Å². The minimum Gasteiger partial charge on any atom is -0.369 e. The quantitative estimate of drug-likeness (QED) is 0.886. The first kappa shape index (κ1) is 14.3. The van der Waals surface area contributed by atoms with Gasteiger partial charge in [0.2, 0.25) is 0 Å². The first-order valence-electron chi connectivity index (χ1n) is 6.24. The molecule has 0 aliphatic heterocycles. The zero-order chi connectivity index (χ0) is 14.5. The molecule has 2 N–H and O–H groups in total. The van der Waals surface area contributed by atoms with E-state index in [0.29, 0.717) is 22.9 Å². The van der Waals surface area contributed by atoms with Gasteiger partial charge in [-0.25, -0.2) is 4.98 Å². The number of hydrogen-bond donors (Lipinski definition) is 2. The van der Waals surface area contributed by atoms with E-state index in [-0.39, 0.29) is 5.91 Å². The predicted molar refractivity (Wildman–Crippen MR) is 77.8 cm³/mol. The fourth-order valence-corrected chi connectivity index (χ4v) is 2.02. The van der Waals surface area contributed by atoms with E-state index in [4.69, 9.17) is 11.6 Å². The molecule has 0 saturated carbocycles. The molecule has 2 heterocycles. The molecule has 0 saturated heterocycles. The molecule has 1 amide bonds. The summed E-state index contributed by atoms with van der Waals surface area (Å²) < 4.78 is 0. The smallest absolute Gasteiger partial charge is 0.255 e. The Hall–Kier alpha value is -2.08. The van der Waals surface area contributed by atoms with E-state index in [1.807, 2.05) is 6.92 Å². The first-order valence-corrected chi connectivity index (χ1v) is 6.62. The van der Waals surface area contributed by atoms with Gasteiger partial charge in [-0.3, -0.25) is 9.89 Å². The van der Waals surface area contributed by atoms with Crippen LogP contribution in [0.25, 0.3) is 0 Å². The molecule has 0 spiro atoms. The summed E-state index contributed by atoms with van der Waals surface area (Å²) in [5.74, 6) is 0.451. The minimum atomic E-state index is -0.136. The third kappa shape index (κ3) is 3.27. The lowest BCUT2D eigenvalue weighted by Gasteiger charge is -2.16. The van der Waals surface area contributed by atoms with Gasteiger partial charge in [0.25, 0.3) is 5.91 Å². The number of nitrogens with zero attached hydrogens (tertiary/aromatic N) is 3. The van der Waals surface area contributed by atoms with Crippen LogP contribution in [0.3, 0.4) is 0 Å². The number of carbonyl (C=O) groups is 1. The van der Waals surface area contributed by atoms with Crippen LogP contribution < -0.4 is 5.32 Å². The van der Waals surface area contributed by atoms with Crippen molar-refractivity contribution in [1.29, 1.82) is 0 Å². The van der Waals surface area contributed by atoms with Crippen LogP contribution in [0, 0.1) is 0 Å². The van der Waals surface area contributed by atoms with Crippen LogP contribution in [0.5, 0.6) is 0 Å². The molecule has 2 rings (SSSR count). The number of anilines is 1. The lowest BCUT2D eigenvalue weighted by Crippen LogP contribution is -2.26. The fourth-order valence-electron chi connectivity index (χ4n) is 1.78. The van der Waals surface area contributed by atoms with Crippen LogP contribution in [-0.2, 0) is 6.54 Å². The monoisotopic (exact) mass is 293 g/mol. The van der Waals surface area contributed by atoms with Crippen molar-refractivity contribution in [2.45, 2.75) is 13.5 Å².